The van der Waals surface area contributed by atoms with Crippen LogP contribution in [0.2, 0.25) is 0 Å². The number of carbonyl (C=O) groups is 2. The first-order chi connectivity index (χ1) is 13.5. The number of hydrogen-bond acceptors (Lipinski definition) is 3. The second-order valence-corrected chi connectivity index (χ2v) is 7.78. The summed E-state index contributed by atoms with van der Waals surface area (Å²) < 4.78 is 0. The molecule has 2 aromatic rings. The van der Waals surface area contributed by atoms with Gasteiger partial charge in [-0.1, -0.05) is 61.7 Å². The highest BCUT2D eigenvalue weighted by molar-refractivity contribution is 5.92. The van der Waals surface area contributed by atoms with Crippen LogP contribution >= 0.6 is 12.4 Å². The van der Waals surface area contributed by atoms with Gasteiger partial charge in [-0.15, -0.1) is 12.4 Å². The van der Waals surface area contributed by atoms with E-state index >= 15 is 0 Å². The maximum absolute atomic E-state index is 12.6. The number of anilines is 1. The lowest BCUT2D eigenvalue weighted by molar-refractivity contribution is -0.126. The lowest BCUT2D eigenvalue weighted by Crippen LogP contribution is -2.48. The second-order valence-electron chi connectivity index (χ2n) is 7.78. The first kappa shape index (κ1) is 22.9. The SMILES string of the molecule is CC(N)(C(=O)NCc1cccc(NC(=O)C2CCCCC2)c1)c1ccccc1.Cl. The molecular formula is C23H30ClN3O2. The number of benzene rings is 2. The van der Waals surface area contributed by atoms with E-state index in [1.54, 1.807) is 6.92 Å². The minimum atomic E-state index is -1.10. The number of halogens is 1. The highest BCUT2D eigenvalue weighted by Gasteiger charge is 2.30. The normalized spacial score (nSPS) is 16.2. The Morgan fingerprint density at radius 3 is 2.41 bits per heavy atom. The average molecular weight is 416 g/mol. The number of nitrogens with one attached hydrogen (secondary N) is 2. The molecule has 1 unspecified atom stereocenters. The van der Waals surface area contributed by atoms with E-state index in [0.717, 1.165) is 42.5 Å². The van der Waals surface area contributed by atoms with Crippen molar-refractivity contribution in [2.45, 2.75) is 51.1 Å². The third kappa shape index (κ3) is 6.05. The minimum Gasteiger partial charge on any atom is -0.350 e. The number of carbonyl (C=O) groups excluding carboxylic acids is 2. The van der Waals surface area contributed by atoms with Crippen molar-refractivity contribution in [3.05, 3.63) is 65.7 Å². The molecule has 1 fully saturated rings. The Morgan fingerprint density at radius 2 is 1.72 bits per heavy atom. The quantitative estimate of drug-likeness (QED) is 0.663. The first-order valence-electron chi connectivity index (χ1n) is 9.99. The molecule has 0 radical (unpaired) electrons. The van der Waals surface area contributed by atoms with E-state index in [4.69, 9.17) is 5.73 Å². The van der Waals surface area contributed by atoms with Gasteiger partial charge >= 0.3 is 0 Å². The zero-order chi connectivity index (χ0) is 20.0. The molecule has 0 spiro atoms. The zero-order valence-electron chi connectivity index (χ0n) is 16.8. The molecule has 3 rings (SSSR count). The molecule has 1 aliphatic rings. The molecule has 5 nitrogen and oxygen atoms in total. The van der Waals surface area contributed by atoms with E-state index in [0.29, 0.717) is 6.54 Å². The molecule has 2 aromatic carbocycles. The van der Waals surface area contributed by atoms with Crippen LogP contribution < -0.4 is 16.4 Å². The largest absolute Gasteiger partial charge is 0.350 e. The molecule has 4 N–H and O–H groups in total. The fourth-order valence-corrected chi connectivity index (χ4v) is 3.65. The van der Waals surface area contributed by atoms with Gasteiger partial charge in [-0.3, -0.25) is 9.59 Å². The highest BCUT2D eigenvalue weighted by Crippen LogP contribution is 2.25. The molecule has 0 aliphatic heterocycles. The van der Waals surface area contributed by atoms with E-state index in [9.17, 15) is 9.59 Å². The van der Waals surface area contributed by atoms with Crippen molar-refractivity contribution < 1.29 is 9.59 Å². The summed E-state index contributed by atoms with van der Waals surface area (Å²) >= 11 is 0. The predicted molar refractivity (Wildman–Crippen MR) is 119 cm³/mol. The summed E-state index contributed by atoms with van der Waals surface area (Å²) in [5.74, 6) is -0.0317. The van der Waals surface area contributed by atoms with Gasteiger partial charge in [-0.25, -0.2) is 0 Å². The lowest BCUT2D eigenvalue weighted by Gasteiger charge is -2.24. The van der Waals surface area contributed by atoms with E-state index in [2.05, 4.69) is 10.6 Å². The molecule has 0 bridgehead atoms. The minimum absolute atomic E-state index is 0. The fourth-order valence-electron chi connectivity index (χ4n) is 3.65. The van der Waals surface area contributed by atoms with Crippen molar-refractivity contribution in [1.29, 1.82) is 0 Å². The highest BCUT2D eigenvalue weighted by atomic mass is 35.5. The van der Waals surface area contributed by atoms with Gasteiger partial charge in [0.05, 0.1) is 0 Å². The molecule has 0 heterocycles. The van der Waals surface area contributed by atoms with E-state index < -0.39 is 5.54 Å². The van der Waals surface area contributed by atoms with E-state index in [-0.39, 0.29) is 30.1 Å². The summed E-state index contributed by atoms with van der Waals surface area (Å²) in [5, 5.41) is 5.92. The topological polar surface area (TPSA) is 84.2 Å². The summed E-state index contributed by atoms with van der Waals surface area (Å²) in [5.41, 5.74) is 7.60. The first-order valence-corrected chi connectivity index (χ1v) is 9.99. The number of nitrogens with two attached hydrogens (primary N) is 1. The molecule has 156 valence electrons. The average Bonchev–Trinajstić information content (AvgIpc) is 2.73. The smallest absolute Gasteiger partial charge is 0.244 e. The summed E-state index contributed by atoms with van der Waals surface area (Å²) in [7, 11) is 0. The van der Waals surface area contributed by atoms with Gasteiger partial charge in [0.2, 0.25) is 11.8 Å². The fraction of sp³-hybridized carbons (Fsp3) is 0.391. The lowest BCUT2D eigenvalue weighted by atomic mass is 9.88. The third-order valence-corrected chi connectivity index (χ3v) is 5.47. The van der Waals surface area contributed by atoms with Crippen LogP contribution in [-0.2, 0) is 21.7 Å². The molecule has 0 aromatic heterocycles. The number of hydrogen-bond donors (Lipinski definition) is 3. The van der Waals surface area contributed by atoms with Crippen LogP contribution in [0.25, 0.3) is 0 Å². The molecule has 1 atom stereocenters. The standard InChI is InChI=1S/C23H29N3O2.ClH/c1-23(24,19-12-6-3-7-13-19)22(28)25-16-17-9-8-14-20(15-17)26-21(27)18-10-4-2-5-11-18;/h3,6-9,12-15,18H,2,4-5,10-11,16,24H2,1H3,(H,25,28)(H,26,27);1H. The predicted octanol–water partition coefficient (Wildman–Crippen LogP) is 4.12. The van der Waals surface area contributed by atoms with Crippen molar-refractivity contribution in [2.75, 3.05) is 5.32 Å². The summed E-state index contributed by atoms with van der Waals surface area (Å²) in [6, 6.07) is 16.9. The van der Waals surface area contributed by atoms with Crippen LogP contribution in [0.5, 0.6) is 0 Å². The van der Waals surface area contributed by atoms with Crippen LogP contribution in [-0.4, -0.2) is 11.8 Å². The Balaban J connectivity index is 0.00000300. The molecule has 1 saturated carbocycles. The Bertz CT molecular complexity index is 818. The Kier molecular flexibility index (Phi) is 8.23. The molecular weight excluding hydrogens is 386 g/mol. The summed E-state index contributed by atoms with van der Waals surface area (Å²) in [6.45, 7) is 2.06. The van der Waals surface area contributed by atoms with Gasteiger partial charge in [-0.05, 0) is 43.0 Å². The van der Waals surface area contributed by atoms with Crippen molar-refractivity contribution in [2.24, 2.45) is 11.7 Å². The van der Waals surface area contributed by atoms with Crippen molar-refractivity contribution >= 4 is 29.9 Å². The van der Waals surface area contributed by atoms with Gasteiger partial charge < -0.3 is 16.4 Å². The van der Waals surface area contributed by atoms with E-state index in [1.807, 2.05) is 54.6 Å². The second kappa shape index (κ2) is 10.4. The summed E-state index contributed by atoms with van der Waals surface area (Å²) in [4.78, 5) is 25.0. The summed E-state index contributed by atoms with van der Waals surface area (Å²) in [6.07, 6.45) is 5.42. The maximum atomic E-state index is 12.6. The molecule has 1 aliphatic carbocycles. The third-order valence-electron chi connectivity index (χ3n) is 5.47. The van der Waals surface area contributed by atoms with E-state index in [1.165, 1.54) is 6.42 Å². The van der Waals surface area contributed by atoms with Gasteiger partial charge in [0.15, 0.2) is 0 Å². The van der Waals surface area contributed by atoms with Crippen LogP contribution in [0, 0.1) is 5.92 Å². The maximum Gasteiger partial charge on any atom is 0.244 e. The van der Waals surface area contributed by atoms with Crippen LogP contribution in [0.4, 0.5) is 5.69 Å². The van der Waals surface area contributed by atoms with Gasteiger partial charge in [0, 0.05) is 18.2 Å². The van der Waals surface area contributed by atoms with Crippen molar-refractivity contribution in [3.63, 3.8) is 0 Å². The van der Waals surface area contributed by atoms with Gasteiger partial charge in [-0.2, -0.15) is 0 Å². The molecule has 0 saturated heterocycles. The monoisotopic (exact) mass is 415 g/mol. The Morgan fingerprint density at radius 1 is 1.03 bits per heavy atom. The molecule has 6 heteroatoms. The molecule has 2 amide bonds. The Labute approximate surface area is 178 Å². The molecule has 29 heavy (non-hydrogen) atoms. The van der Waals surface area contributed by atoms with Crippen molar-refractivity contribution in [1.82, 2.24) is 5.32 Å². The van der Waals surface area contributed by atoms with Gasteiger partial charge in [0.1, 0.15) is 5.54 Å². The number of rotatable bonds is 6. The zero-order valence-corrected chi connectivity index (χ0v) is 17.6. The Hall–Kier alpha value is -2.37. The van der Waals surface area contributed by atoms with Crippen LogP contribution in [0.3, 0.4) is 0 Å². The van der Waals surface area contributed by atoms with Crippen molar-refractivity contribution in [3.8, 4) is 0 Å². The number of amides is 2. The van der Waals surface area contributed by atoms with Crippen LogP contribution in [0.1, 0.15) is 50.2 Å². The van der Waals surface area contributed by atoms with Gasteiger partial charge in [0.25, 0.3) is 0 Å². The van der Waals surface area contributed by atoms with Crippen LogP contribution in [0.15, 0.2) is 54.6 Å².